The van der Waals surface area contributed by atoms with Gasteiger partial charge in [0, 0.05) is 16.2 Å². The fourth-order valence-electron chi connectivity index (χ4n) is 2.34. The van der Waals surface area contributed by atoms with Gasteiger partial charge in [-0.3, -0.25) is 4.57 Å². The summed E-state index contributed by atoms with van der Waals surface area (Å²) >= 11 is 0. The Labute approximate surface area is 138 Å². The molecule has 0 aliphatic heterocycles. The van der Waals surface area contributed by atoms with Crippen LogP contribution in [-0.2, 0) is 9.09 Å². The van der Waals surface area contributed by atoms with Gasteiger partial charge in [-0.2, -0.15) is 0 Å². The largest absolute Gasteiger partial charge is 0.490 e. The van der Waals surface area contributed by atoms with E-state index in [1.54, 1.807) is 6.08 Å². The van der Waals surface area contributed by atoms with E-state index in [1.807, 2.05) is 69.3 Å². The second-order valence-electron chi connectivity index (χ2n) is 5.40. The molecule has 4 heteroatoms. The molecule has 0 aromatic heterocycles. The van der Waals surface area contributed by atoms with Gasteiger partial charge in [-0.1, -0.05) is 30.9 Å². The number of hydrogen-bond donors (Lipinski definition) is 0. The zero-order valence-corrected chi connectivity index (χ0v) is 14.8. The number of rotatable bonds is 7. The van der Waals surface area contributed by atoms with E-state index in [9.17, 15) is 4.57 Å². The van der Waals surface area contributed by atoms with Gasteiger partial charge in [0.15, 0.2) is 0 Å². The highest BCUT2D eigenvalue weighted by Crippen LogP contribution is 2.45. The van der Waals surface area contributed by atoms with Crippen LogP contribution < -0.4 is 15.3 Å². The Kier molecular flexibility index (Phi) is 5.81. The molecular weight excluding hydrogens is 307 g/mol. The van der Waals surface area contributed by atoms with Gasteiger partial charge in [0.05, 0.1) is 12.7 Å². The summed E-state index contributed by atoms with van der Waals surface area (Å²) in [5, 5.41) is 1.34. The van der Waals surface area contributed by atoms with Crippen molar-refractivity contribution < 1.29 is 13.8 Å². The van der Waals surface area contributed by atoms with Crippen LogP contribution in [0.4, 0.5) is 0 Å². The van der Waals surface area contributed by atoms with Crippen LogP contribution in [0.2, 0.25) is 0 Å². The molecule has 0 saturated heterocycles. The van der Waals surface area contributed by atoms with Crippen molar-refractivity contribution in [3.05, 3.63) is 60.7 Å². The fourth-order valence-corrected chi connectivity index (χ4v) is 4.45. The minimum Gasteiger partial charge on any atom is -0.490 e. The Morgan fingerprint density at radius 3 is 2.39 bits per heavy atom. The molecule has 2 aromatic rings. The zero-order valence-electron chi connectivity index (χ0n) is 13.9. The molecule has 0 heterocycles. The van der Waals surface area contributed by atoms with Crippen LogP contribution in [0.1, 0.15) is 26.3 Å². The van der Waals surface area contributed by atoms with Crippen LogP contribution in [0.25, 0.3) is 6.08 Å². The molecule has 0 saturated carbocycles. The second kappa shape index (κ2) is 7.63. The quantitative estimate of drug-likeness (QED) is 0.707. The van der Waals surface area contributed by atoms with E-state index in [2.05, 4.69) is 6.58 Å². The Balaban J connectivity index is 2.52. The van der Waals surface area contributed by atoms with Gasteiger partial charge in [-0.15, -0.1) is 0 Å². The van der Waals surface area contributed by atoms with Crippen LogP contribution in [0.3, 0.4) is 0 Å². The van der Waals surface area contributed by atoms with Gasteiger partial charge in [-0.05, 0) is 51.1 Å². The Hall–Kier alpha value is -1.83. The summed E-state index contributed by atoms with van der Waals surface area (Å²) in [5.41, 5.74) is 0.812. The lowest BCUT2D eigenvalue weighted by Crippen LogP contribution is -2.19. The molecule has 0 fully saturated rings. The van der Waals surface area contributed by atoms with E-state index in [1.165, 1.54) is 0 Å². The van der Waals surface area contributed by atoms with Crippen molar-refractivity contribution in [2.45, 2.75) is 26.9 Å². The highest BCUT2D eigenvalue weighted by atomic mass is 31.2. The van der Waals surface area contributed by atoms with Crippen LogP contribution in [0, 0.1) is 0 Å². The Bertz CT molecular complexity index is 708. The van der Waals surface area contributed by atoms with E-state index in [4.69, 9.17) is 9.26 Å². The summed E-state index contributed by atoms with van der Waals surface area (Å²) in [6, 6.07) is 14.8. The summed E-state index contributed by atoms with van der Waals surface area (Å²) in [7, 11) is -3.12. The molecule has 0 radical (unpaired) electrons. The van der Waals surface area contributed by atoms with E-state index < -0.39 is 7.37 Å². The van der Waals surface area contributed by atoms with Crippen molar-refractivity contribution in [2.75, 3.05) is 6.61 Å². The molecule has 122 valence electrons. The normalized spacial score (nSPS) is 13.6. The van der Waals surface area contributed by atoms with Crippen LogP contribution in [0.5, 0.6) is 5.75 Å². The minimum atomic E-state index is -3.12. The van der Waals surface area contributed by atoms with E-state index in [0.29, 0.717) is 17.2 Å². The predicted octanol–water partition coefficient (Wildman–Crippen LogP) is 4.38. The molecule has 0 N–H and O–H groups in total. The van der Waals surface area contributed by atoms with Gasteiger partial charge in [0.1, 0.15) is 5.75 Å². The standard InChI is InChI=1S/C19H23O3P/c1-5-16-14-18(12-13-19(16)22-15(3)4)23(20,21-6-2)17-10-8-7-9-11-17/h5,7-15H,1,6H2,2-4H3/t23-/m0/s1. The summed E-state index contributed by atoms with van der Waals surface area (Å²) in [6.45, 7) is 9.99. The first kappa shape index (κ1) is 17.5. The maximum Gasteiger partial charge on any atom is 0.261 e. The molecular formula is C19H23O3P. The van der Waals surface area contributed by atoms with Crippen molar-refractivity contribution in [3.63, 3.8) is 0 Å². The lowest BCUT2D eigenvalue weighted by molar-refractivity contribution is 0.242. The number of hydrogen-bond acceptors (Lipinski definition) is 3. The van der Waals surface area contributed by atoms with Gasteiger partial charge in [-0.25, -0.2) is 0 Å². The lowest BCUT2D eigenvalue weighted by atomic mass is 10.2. The van der Waals surface area contributed by atoms with Gasteiger partial charge >= 0.3 is 0 Å². The van der Waals surface area contributed by atoms with E-state index in [0.717, 1.165) is 11.3 Å². The van der Waals surface area contributed by atoms with Crippen molar-refractivity contribution >= 4 is 24.1 Å². The SMILES string of the molecule is C=Cc1cc([P@@](=O)(OCC)c2ccccc2)ccc1OC(C)C. The van der Waals surface area contributed by atoms with Gasteiger partial charge in [0.2, 0.25) is 0 Å². The molecule has 0 unspecified atom stereocenters. The van der Waals surface area contributed by atoms with E-state index in [-0.39, 0.29) is 6.10 Å². The predicted molar refractivity (Wildman–Crippen MR) is 97.2 cm³/mol. The summed E-state index contributed by atoms with van der Waals surface area (Å²) in [6.07, 6.45) is 1.77. The fraction of sp³-hybridized carbons (Fsp3) is 0.263. The molecule has 23 heavy (non-hydrogen) atoms. The molecule has 0 bridgehead atoms. The van der Waals surface area contributed by atoms with Crippen LogP contribution in [0.15, 0.2) is 55.1 Å². The van der Waals surface area contributed by atoms with Crippen molar-refractivity contribution in [3.8, 4) is 5.75 Å². The summed E-state index contributed by atoms with van der Waals surface area (Å²) < 4.78 is 25.0. The van der Waals surface area contributed by atoms with Crippen molar-refractivity contribution in [1.29, 1.82) is 0 Å². The maximum atomic E-state index is 13.5. The highest BCUT2D eigenvalue weighted by molar-refractivity contribution is 7.74. The van der Waals surface area contributed by atoms with Gasteiger partial charge < -0.3 is 9.26 Å². The molecule has 0 aliphatic carbocycles. The first-order chi connectivity index (χ1) is 11.0. The molecule has 2 aromatic carbocycles. The second-order valence-corrected chi connectivity index (χ2v) is 7.79. The smallest absolute Gasteiger partial charge is 0.261 e. The number of benzene rings is 2. The minimum absolute atomic E-state index is 0.0624. The maximum absolute atomic E-state index is 13.5. The van der Waals surface area contributed by atoms with Crippen molar-refractivity contribution in [2.24, 2.45) is 0 Å². The zero-order chi connectivity index (χ0) is 16.9. The Morgan fingerprint density at radius 1 is 1.13 bits per heavy atom. The average Bonchev–Trinajstić information content (AvgIpc) is 2.55. The Morgan fingerprint density at radius 2 is 1.83 bits per heavy atom. The van der Waals surface area contributed by atoms with E-state index >= 15 is 0 Å². The molecule has 1 atom stereocenters. The molecule has 3 nitrogen and oxygen atoms in total. The molecule has 0 aliphatic rings. The average molecular weight is 330 g/mol. The number of ether oxygens (including phenoxy) is 1. The molecule has 0 amide bonds. The van der Waals surface area contributed by atoms with Crippen LogP contribution >= 0.6 is 7.37 Å². The highest BCUT2D eigenvalue weighted by Gasteiger charge is 2.28. The first-order valence-corrected chi connectivity index (χ1v) is 9.37. The topological polar surface area (TPSA) is 35.5 Å². The lowest BCUT2D eigenvalue weighted by Gasteiger charge is -2.20. The monoisotopic (exact) mass is 330 g/mol. The third kappa shape index (κ3) is 3.93. The summed E-state index contributed by atoms with van der Waals surface area (Å²) in [4.78, 5) is 0. The van der Waals surface area contributed by atoms with Crippen LogP contribution in [-0.4, -0.2) is 12.7 Å². The van der Waals surface area contributed by atoms with Gasteiger partial charge in [0.25, 0.3) is 7.37 Å². The van der Waals surface area contributed by atoms with Crippen molar-refractivity contribution in [1.82, 2.24) is 0 Å². The third-order valence-electron chi connectivity index (χ3n) is 3.32. The molecule has 0 spiro atoms. The summed E-state index contributed by atoms with van der Waals surface area (Å²) in [5.74, 6) is 0.731. The third-order valence-corrected chi connectivity index (χ3v) is 5.88. The first-order valence-electron chi connectivity index (χ1n) is 7.75. The molecule has 2 rings (SSSR count).